The SMILES string of the molecule is Cc1ccc2c(c1C)S(=O)(=O)C=C2. The third kappa shape index (κ3) is 1.11. The van der Waals surface area contributed by atoms with E-state index in [0.29, 0.717) is 4.90 Å². The van der Waals surface area contributed by atoms with Crippen LogP contribution in [0.3, 0.4) is 0 Å². The Morgan fingerprint density at radius 2 is 1.85 bits per heavy atom. The Balaban J connectivity index is 2.89. The second-order valence-electron chi connectivity index (χ2n) is 3.27. The summed E-state index contributed by atoms with van der Waals surface area (Å²) in [4.78, 5) is 0.479. The number of benzene rings is 1. The highest BCUT2D eigenvalue weighted by Gasteiger charge is 2.23. The van der Waals surface area contributed by atoms with Gasteiger partial charge in [0.2, 0.25) is 9.84 Å². The van der Waals surface area contributed by atoms with Crippen LogP contribution in [0.25, 0.3) is 6.08 Å². The van der Waals surface area contributed by atoms with Gasteiger partial charge in [0.15, 0.2) is 0 Å². The lowest BCUT2D eigenvalue weighted by Crippen LogP contribution is -1.98. The molecule has 0 N–H and O–H groups in total. The standard InChI is InChI=1S/C10H10O2S/c1-7-3-4-9-5-6-13(11,12)10(9)8(7)2/h3-6H,1-2H3. The van der Waals surface area contributed by atoms with Crippen LogP contribution in [0.15, 0.2) is 22.4 Å². The maximum absolute atomic E-state index is 11.5. The smallest absolute Gasteiger partial charge is 0.200 e. The van der Waals surface area contributed by atoms with Gasteiger partial charge >= 0.3 is 0 Å². The summed E-state index contributed by atoms with van der Waals surface area (Å²) in [5.74, 6) is 0. The molecule has 0 saturated heterocycles. The minimum Gasteiger partial charge on any atom is -0.219 e. The fourth-order valence-corrected chi connectivity index (χ4v) is 3.07. The molecule has 0 unspecified atom stereocenters. The van der Waals surface area contributed by atoms with Crippen LogP contribution < -0.4 is 0 Å². The van der Waals surface area contributed by atoms with Crippen molar-refractivity contribution in [3.05, 3.63) is 34.2 Å². The number of aryl methyl sites for hydroxylation is 1. The first-order chi connectivity index (χ1) is 6.02. The second-order valence-corrected chi connectivity index (χ2v) is 5.04. The van der Waals surface area contributed by atoms with E-state index in [4.69, 9.17) is 0 Å². The van der Waals surface area contributed by atoms with Crippen LogP contribution in [0, 0.1) is 13.8 Å². The number of hydrogen-bond acceptors (Lipinski definition) is 2. The van der Waals surface area contributed by atoms with Crippen molar-refractivity contribution < 1.29 is 8.42 Å². The van der Waals surface area contributed by atoms with Gasteiger partial charge in [-0.1, -0.05) is 12.1 Å². The summed E-state index contributed by atoms with van der Waals surface area (Å²) in [7, 11) is -3.14. The normalized spacial score (nSPS) is 17.4. The molecule has 1 aliphatic rings. The summed E-state index contributed by atoms with van der Waals surface area (Å²) in [5, 5.41) is 1.27. The molecule has 0 spiro atoms. The van der Waals surface area contributed by atoms with Gasteiger partial charge in [0.05, 0.1) is 4.90 Å². The van der Waals surface area contributed by atoms with Gasteiger partial charge in [-0.15, -0.1) is 0 Å². The predicted molar refractivity (Wildman–Crippen MR) is 52.1 cm³/mol. The summed E-state index contributed by atoms with van der Waals surface area (Å²) in [6, 6.07) is 3.79. The van der Waals surface area contributed by atoms with Crippen LogP contribution in [0.1, 0.15) is 16.7 Å². The minimum atomic E-state index is -3.14. The molecule has 0 amide bonds. The zero-order valence-corrected chi connectivity index (χ0v) is 8.35. The van der Waals surface area contributed by atoms with Crippen molar-refractivity contribution in [2.45, 2.75) is 18.7 Å². The van der Waals surface area contributed by atoms with Gasteiger partial charge in [-0.05, 0) is 36.6 Å². The van der Waals surface area contributed by atoms with Gasteiger partial charge in [0.1, 0.15) is 0 Å². The first kappa shape index (κ1) is 8.51. The Kier molecular flexibility index (Phi) is 1.60. The van der Waals surface area contributed by atoms with Crippen LogP contribution in [0.4, 0.5) is 0 Å². The molecule has 2 nitrogen and oxygen atoms in total. The van der Waals surface area contributed by atoms with Crippen molar-refractivity contribution in [3.8, 4) is 0 Å². The third-order valence-corrected chi connectivity index (χ3v) is 4.02. The Morgan fingerprint density at radius 1 is 1.15 bits per heavy atom. The van der Waals surface area contributed by atoms with Crippen molar-refractivity contribution in [1.29, 1.82) is 0 Å². The molecule has 1 heterocycles. The molecule has 0 saturated carbocycles. The molecule has 2 rings (SSSR count). The van der Waals surface area contributed by atoms with Crippen molar-refractivity contribution in [1.82, 2.24) is 0 Å². The zero-order chi connectivity index (χ0) is 9.64. The molecule has 0 aliphatic carbocycles. The fourth-order valence-electron chi connectivity index (χ4n) is 1.55. The van der Waals surface area contributed by atoms with Gasteiger partial charge in [0.25, 0.3) is 0 Å². The van der Waals surface area contributed by atoms with Crippen LogP contribution in [-0.2, 0) is 9.84 Å². The lowest BCUT2D eigenvalue weighted by molar-refractivity contribution is 0.605. The maximum atomic E-state index is 11.5. The molecular formula is C10H10O2S. The van der Waals surface area contributed by atoms with E-state index in [0.717, 1.165) is 16.7 Å². The van der Waals surface area contributed by atoms with Crippen molar-refractivity contribution in [2.24, 2.45) is 0 Å². The average molecular weight is 194 g/mol. The highest BCUT2D eigenvalue weighted by Crippen LogP contribution is 2.31. The Hall–Kier alpha value is -1.09. The Labute approximate surface area is 77.8 Å². The molecule has 0 fully saturated rings. The van der Waals surface area contributed by atoms with E-state index < -0.39 is 9.84 Å². The molecule has 0 atom stereocenters. The van der Waals surface area contributed by atoms with Gasteiger partial charge in [0, 0.05) is 5.41 Å². The lowest BCUT2D eigenvalue weighted by atomic mass is 10.1. The summed E-state index contributed by atoms with van der Waals surface area (Å²) in [6.45, 7) is 3.77. The van der Waals surface area contributed by atoms with Crippen molar-refractivity contribution >= 4 is 15.9 Å². The van der Waals surface area contributed by atoms with Gasteiger partial charge < -0.3 is 0 Å². The molecule has 0 bridgehead atoms. The van der Waals surface area contributed by atoms with Gasteiger partial charge in [-0.2, -0.15) is 0 Å². The predicted octanol–water partition coefficient (Wildman–Crippen LogP) is 2.06. The van der Waals surface area contributed by atoms with Gasteiger partial charge in [-0.3, -0.25) is 0 Å². The molecule has 0 radical (unpaired) electrons. The van der Waals surface area contributed by atoms with Gasteiger partial charge in [-0.25, -0.2) is 8.42 Å². The third-order valence-electron chi connectivity index (χ3n) is 2.42. The minimum absolute atomic E-state index is 0.479. The van der Waals surface area contributed by atoms with E-state index in [2.05, 4.69) is 0 Å². The van der Waals surface area contributed by atoms with E-state index >= 15 is 0 Å². The Bertz CT molecular complexity index is 496. The van der Waals surface area contributed by atoms with E-state index in [9.17, 15) is 8.42 Å². The van der Waals surface area contributed by atoms with Crippen molar-refractivity contribution in [3.63, 3.8) is 0 Å². The van der Waals surface area contributed by atoms with Crippen molar-refractivity contribution in [2.75, 3.05) is 0 Å². The lowest BCUT2D eigenvalue weighted by Gasteiger charge is -2.05. The van der Waals surface area contributed by atoms with Crippen LogP contribution in [-0.4, -0.2) is 8.42 Å². The number of rotatable bonds is 0. The summed E-state index contributed by atoms with van der Waals surface area (Å²) in [6.07, 6.45) is 1.65. The topological polar surface area (TPSA) is 34.1 Å². The van der Waals surface area contributed by atoms with E-state index in [-0.39, 0.29) is 0 Å². The summed E-state index contributed by atoms with van der Waals surface area (Å²) in [5.41, 5.74) is 2.69. The number of sulfone groups is 1. The average Bonchev–Trinajstić information content (AvgIpc) is 2.35. The molecule has 68 valence electrons. The maximum Gasteiger partial charge on any atom is 0.200 e. The number of hydrogen-bond donors (Lipinski definition) is 0. The number of fused-ring (bicyclic) bond motifs is 1. The molecule has 3 heteroatoms. The van der Waals surface area contributed by atoms with E-state index in [1.54, 1.807) is 6.08 Å². The largest absolute Gasteiger partial charge is 0.219 e. The highest BCUT2D eigenvalue weighted by molar-refractivity contribution is 7.94. The zero-order valence-electron chi connectivity index (χ0n) is 7.53. The molecule has 1 aromatic carbocycles. The first-order valence-corrected chi connectivity index (χ1v) is 5.60. The molecule has 13 heavy (non-hydrogen) atoms. The highest BCUT2D eigenvalue weighted by atomic mass is 32.2. The quantitative estimate of drug-likeness (QED) is 0.633. The van der Waals surface area contributed by atoms with Crippen LogP contribution >= 0.6 is 0 Å². The van der Waals surface area contributed by atoms with Crippen LogP contribution in [0.2, 0.25) is 0 Å². The molecule has 1 aromatic rings. The fraction of sp³-hybridized carbons (Fsp3) is 0.200. The van der Waals surface area contributed by atoms with Crippen LogP contribution in [0.5, 0.6) is 0 Å². The first-order valence-electron chi connectivity index (χ1n) is 4.06. The van der Waals surface area contributed by atoms with E-state index in [1.165, 1.54) is 5.41 Å². The molecular weight excluding hydrogens is 184 g/mol. The monoisotopic (exact) mass is 194 g/mol. The van der Waals surface area contributed by atoms with E-state index in [1.807, 2.05) is 26.0 Å². The summed E-state index contributed by atoms with van der Waals surface area (Å²) < 4.78 is 23.1. The Morgan fingerprint density at radius 3 is 2.54 bits per heavy atom. The molecule has 0 aromatic heterocycles. The second kappa shape index (κ2) is 2.45. The molecule has 1 aliphatic heterocycles. The summed E-state index contributed by atoms with van der Waals surface area (Å²) >= 11 is 0.